The SMILES string of the molecule is COC1=CC=C(Cc2nn(C(C)(C)C)c3ncnc(N)c23)CC1. The summed E-state index contributed by atoms with van der Waals surface area (Å²) >= 11 is 0. The molecule has 0 aliphatic heterocycles. The van der Waals surface area contributed by atoms with Gasteiger partial charge in [-0.2, -0.15) is 5.10 Å². The van der Waals surface area contributed by atoms with Gasteiger partial charge in [-0.1, -0.05) is 11.6 Å². The average Bonchev–Trinajstić information content (AvgIpc) is 2.88. The number of nitrogens with two attached hydrogens (primary N) is 1. The fourth-order valence-electron chi connectivity index (χ4n) is 2.83. The van der Waals surface area contributed by atoms with E-state index in [1.807, 2.05) is 10.8 Å². The predicted molar refractivity (Wildman–Crippen MR) is 90.8 cm³/mol. The summed E-state index contributed by atoms with van der Waals surface area (Å²) in [5.41, 5.74) is 8.99. The van der Waals surface area contributed by atoms with Crippen LogP contribution in [-0.4, -0.2) is 26.9 Å². The molecule has 0 unspecified atom stereocenters. The quantitative estimate of drug-likeness (QED) is 0.942. The van der Waals surface area contributed by atoms with Gasteiger partial charge in [-0.25, -0.2) is 14.6 Å². The maximum Gasteiger partial charge on any atom is 0.164 e. The van der Waals surface area contributed by atoms with Gasteiger partial charge in [0, 0.05) is 12.8 Å². The lowest BCUT2D eigenvalue weighted by molar-refractivity contribution is 0.275. The fraction of sp³-hybridized carbons (Fsp3) is 0.471. The molecule has 2 heterocycles. The summed E-state index contributed by atoms with van der Waals surface area (Å²) in [6.45, 7) is 6.32. The van der Waals surface area contributed by atoms with Crippen molar-refractivity contribution in [1.29, 1.82) is 0 Å². The Morgan fingerprint density at radius 2 is 2.00 bits per heavy atom. The summed E-state index contributed by atoms with van der Waals surface area (Å²) in [5, 5.41) is 5.66. The van der Waals surface area contributed by atoms with Crippen molar-refractivity contribution < 1.29 is 4.74 Å². The van der Waals surface area contributed by atoms with Crippen LogP contribution in [0.3, 0.4) is 0 Å². The van der Waals surface area contributed by atoms with Crippen LogP contribution in [0.4, 0.5) is 5.82 Å². The van der Waals surface area contributed by atoms with Crippen molar-refractivity contribution in [2.75, 3.05) is 12.8 Å². The minimum absolute atomic E-state index is 0.165. The summed E-state index contributed by atoms with van der Waals surface area (Å²) in [7, 11) is 1.71. The first-order chi connectivity index (χ1) is 10.9. The molecule has 0 atom stereocenters. The van der Waals surface area contributed by atoms with E-state index in [4.69, 9.17) is 15.6 Å². The lowest BCUT2D eigenvalue weighted by Crippen LogP contribution is -2.23. The van der Waals surface area contributed by atoms with Crippen molar-refractivity contribution in [2.45, 2.75) is 45.6 Å². The summed E-state index contributed by atoms with van der Waals surface area (Å²) in [5.74, 6) is 1.51. The Morgan fingerprint density at radius 1 is 1.22 bits per heavy atom. The molecule has 0 aromatic carbocycles. The van der Waals surface area contributed by atoms with Gasteiger partial charge in [0.05, 0.1) is 29.5 Å². The number of hydrogen-bond acceptors (Lipinski definition) is 5. The van der Waals surface area contributed by atoms with Crippen molar-refractivity contribution in [1.82, 2.24) is 19.7 Å². The van der Waals surface area contributed by atoms with E-state index in [-0.39, 0.29) is 5.54 Å². The Hall–Kier alpha value is -2.37. The maximum absolute atomic E-state index is 6.11. The Bertz CT molecular complexity index is 795. The normalized spacial score (nSPS) is 15.5. The fourth-order valence-corrected chi connectivity index (χ4v) is 2.83. The summed E-state index contributed by atoms with van der Waals surface area (Å²) in [6.07, 6.45) is 8.29. The summed E-state index contributed by atoms with van der Waals surface area (Å²) in [6, 6.07) is 0. The van der Waals surface area contributed by atoms with Crippen LogP contribution in [0.15, 0.2) is 29.8 Å². The first-order valence-corrected chi connectivity index (χ1v) is 7.81. The highest BCUT2D eigenvalue weighted by Crippen LogP contribution is 2.29. The minimum Gasteiger partial charge on any atom is -0.501 e. The molecule has 0 fully saturated rings. The molecule has 1 aliphatic carbocycles. The van der Waals surface area contributed by atoms with E-state index in [0.29, 0.717) is 5.82 Å². The van der Waals surface area contributed by atoms with Gasteiger partial charge < -0.3 is 10.5 Å². The maximum atomic E-state index is 6.11. The van der Waals surface area contributed by atoms with E-state index in [1.54, 1.807) is 7.11 Å². The van der Waals surface area contributed by atoms with Crippen LogP contribution in [0.2, 0.25) is 0 Å². The lowest BCUT2D eigenvalue weighted by atomic mass is 9.98. The molecule has 3 rings (SSSR count). The molecular weight excluding hydrogens is 290 g/mol. The van der Waals surface area contributed by atoms with Crippen LogP contribution >= 0.6 is 0 Å². The van der Waals surface area contributed by atoms with E-state index in [2.05, 4.69) is 36.8 Å². The average molecular weight is 313 g/mol. The number of ether oxygens (including phenoxy) is 1. The third-order valence-corrected chi connectivity index (χ3v) is 4.06. The number of nitrogen functional groups attached to an aromatic ring is 1. The number of allylic oxidation sites excluding steroid dienone is 4. The number of rotatable bonds is 3. The summed E-state index contributed by atoms with van der Waals surface area (Å²) < 4.78 is 7.22. The Labute approximate surface area is 136 Å². The molecule has 0 bridgehead atoms. The molecule has 0 saturated carbocycles. The van der Waals surface area contributed by atoms with Crippen LogP contribution in [0.25, 0.3) is 11.0 Å². The van der Waals surface area contributed by atoms with Crippen molar-refractivity contribution in [3.8, 4) is 0 Å². The Kier molecular flexibility index (Phi) is 3.83. The highest BCUT2D eigenvalue weighted by atomic mass is 16.5. The van der Waals surface area contributed by atoms with Gasteiger partial charge in [0.25, 0.3) is 0 Å². The van der Waals surface area contributed by atoms with E-state index in [0.717, 1.165) is 41.7 Å². The molecule has 2 N–H and O–H groups in total. The van der Waals surface area contributed by atoms with E-state index in [9.17, 15) is 0 Å². The zero-order valence-corrected chi connectivity index (χ0v) is 14.1. The molecule has 6 heteroatoms. The zero-order chi connectivity index (χ0) is 16.6. The van der Waals surface area contributed by atoms with Crippen molar-refractivity contribution in [2.24, 2.45) is 0 Å². The highest BCUT2D eigenvalue weighted by Gasteiger charge is 2.23. The lowest BCUT2D eigenvalue weighted by Gasteiger charge is -2.19. The largest absolute Gasteiger partial charge is 0.501 e. The molecule has 122 valence electrons. The molecule has 2 aromatic rings. The van der Waals surface area contributed by atoms with Crippen LogP contribution < -0.4 is 5.73 Å². The van der Waals surface area contributed by atoms with Gasteiger partial charge in [0.2, 0.25) is 0 Å². The second-order valence-electron chi connectivity index (χ2n) is 6.83. The number of aromatic nitrogens is 4. The molecule has 23 heavy (non-hydrogen) atoms. The molecule has 2 aromatic heterocycles. The highest BCUT2D eigenvalue weighted by molar-refractivity contribution is 5.88. The van der Waals surface area contributed by atoms with Gasteiger partial charge in [0.1, 0.15) is 12.1 Å². The second kappa shape index (κ2) is 5.68. The van der Waals surface area contributed by atoms with Crippen LogP contribution in [0, 0.1) is 0 Å². The number of hydrogen-bond donors (Lipinski definition) is 1. The van der Waals surface area contributed by atoms with Crippen molar-refractivity contribution >= 4 is 16.9 Å². The standard InChI is InChI=1S/C17H23N5O/c1-17(2,3)22-16-14(15(18)19-10-20-16)13(21-22)9-11-5-7-12(23-4)8-6-11/h5,7,10H,6,8-9H2,1-4H3,(H2,18,19,20). The van der Waals surface area contributed by atoms with Crippen molar-refractivity contribution in [3.63, 3.8) is 0 Å². The second-order valence-corrected chi connectivity index (χ2v) is 6.83. The van der Waals surface area contributed by atoms with Gasteiger partial charge in [-0.3, -0.25) is 0 Å². The predicted octanol–water partition coefficient (Wildman–Crippen LogP) is 2.96. The molecule has 0 radical (unpaired) electrons. The zero-order valence-electron chi connectivity index (χ0n) is 14.1. The van der Waals surface area contributed by atoms with E-state index in [1.165, 1.54) is 11.9 Å². The van der Waals surface area contributed by atoms with Crippen LogP contribution in [0.5, 0.6) is 0 Å². The van der Waals surface area contributed by atoms with Gasteiger partial charge >= 0.3 is 0 Å². The molecule has 0 amide bonds. The number of anilines is 1. The smallest absolute Gasteiger partial charge is 0.164 e. The topological polar surface area (TPSA) is 78.8 Å². The van der Waals surface area contributed by atoms with Gasteiger partial charge in [-0.05, 0) is 33.3 Å². The summed E-state index contributed by atoms with van der Waals surface area (Å²) in [4.78, 5) is 8.55. The first kappa shape index (κ1) is 15.5. The van der Waals surface area contributed by atoms with Gasteiger partial charge in [0.15, 0.2) is 5.65 Å². The number of fused-ring (bicyclic) bond motifs is 1. The Balaban J connectivity index is 2.05. The molecule has 6 nitrogen and oxygen atoms in total. The van der Waals surface area contributed by atoms with Gasteiger partial charge in [-0.15, -0.1) is 0 Å². The van der Waals surface area contributed by atoms with Crippen LogP contribution in [-0.2, 0) is 16.7 Å². The first-order valence-electron chi connectivity index (χ1n) is 7.81. The Morgan fingerprint density at radius 3 is 2.61 bits per heavy atom. The third kappa shape index (κ3) is 2.93. The van der Waals surface area contributed by atoms with Crippen molar-refractivity contribution in [3.05, 3.63) is 35.5 Å². The molecular formula is C17H23N5O. The minimum atomic E-state index is -0.165. The monoisotopic (exact) mass is 313 g/mol. The number of methoxy groups -OCH3 is 1. The van der Waals surface area contributed by atoms with Crippen LogP contribution in [0.1, 0.15) is 39.3 Å². The molecule has 0 spiro atoms. The van der Waals surface area contributed by atoms with E-state index >= 15 is 0 Å². The molecule has 0 saturated heterocycles. The van der Waals surface area contributed by atoms with E-state index < -0.39 is 0 Å². The number of nitrogens with zero attached hydrogens (tertiary/aromatic N) is 4. The third-order valence-electron chi connectivity index (χ3n) is 4.06. The molecule has 1 aliphatic rings.